The summed E-state index contributed by atoms with van der Waals surface area (Å²) >= 11 is 0. The van der Waals surface area contributed by atoms with Gasteiger partial charge in [-0.25, -0.2) is 9.69 Å². The lowest BCUT2D eigenvalue weighted by Gasteiger charge is -2.22. The quantitative estimate of drug-likeness (QED) is 0.705. The number of benzene rings is 1. The molecule has 1 heterocycles. The number of nitriles is 1. The molecule has 0 radical (unpaired) electrons. The first-order valence-electron chi connectivity index (χ1n) is 5.52. The molecule has 1 fully saturated rings. The maximum absolute atomic E-state index is 12.2. The Morgan fingerprint density at radius 2 is 1.72 bits per heavy atom. The van der Waals surface area contributed by atoms with Crippen LogP contribution in [0.1, 0.15) is 19.4 Å². The lowest BCUT2D eigenvalue weighted by atomic mass is 10.0. The number of urea groups is 1. The predicted molar refractivity (Wildman–Crippen MR) is 65.9 cm³/mol. The molecule has 1 saturated heterocycles. The summed E-state index contributed by atoms with van der Waals surface area (Å²) in [5, 5.41) is 8.72. The second kappa shape index (κ2) is 3.84. The molecule has 0 atom stereocenters. The van der Waals surface area contributed by atoms with Crippen molar-refractivity contribution in [1.82, 2.24) is 4.90 Å². The van der Waals surface area contributed by atoms with Crippen LogP contribution in [0.4, 0.5) is 10.5 Å². The Balaban J connectivity index is 2.43. The van der Waals surface area contributed by atoms with Gasteiger partial charge in [0.25, 0.3) is 5.91 Å². The van der Waals surface area contributed by atoms with Crippen molar-refractivity contribution in [2.75, 3.05) is 11.9 Å². The summed E-state index contributed by atoms with van der Waals surface area (Å²) < 4.78 is 0. The molecule has 1 aliphatic heterocycles. The Hall–Kier alpha value is -2.35. The van der Waals surface area contributed by atoms with Crippen molar-refractivity contribution in [2.45, 2.75) is 19.4 Å². The number of hydrogen-bond acceptors (Lipinski definition) is 3. The molecule has 0 unspecified atom stereocenters. The van der Waals surface area contributed by atoms with E-state index < -0.39 is 5.54 Å². The minimum atomic E-state index is -0.842. The molecule has 1 aromatic carbocycles. The maximum Gasteiger partial charge on any atom is 0.332 e. The molecular formula is C13H13N3O2. The molecule has 5 nitrogen and oxygen atoms in total. The zero-order valence-electron chi connectivity index (χ0n) is 10.5. The Morgan fingerprint density at radius 3 is 2.11 bits per heavy atom. The van der Waals surface area contributed by atoms with Gasteiger partial charge in [0.2, 0.25) is 0 Å². The molecule has 0 aliphatic carbocycles. The van der Waals surface area contributed by atoms with Crippen LogP contribution in [0.2, 0.25) is 0 Å². The normalized spacial score (nSPS) is 18.1. The fourth-order valence-electron chi connectivity index (χ4n) is 1.81. The monoisotopic (exact) mass is 243 g/mol. The van der Waals surface area contributed by atoms with Gasteiger partial charge in [0.15, 0.2) is 0 Å². The van der Waals surface area contributed by atoms with Crippen LogP contribution in [0.15, 0.2) is 24.3 Å². The van der Waals surface area contributed by atoms with Crippen molar-refractivity contribution < 1.29 is 9.59 Å². The number of carbonyl (C=O) groups is 2. The van der Waals surface area contributed by atoms with E-state index in [4.69, 9.17) is 5.26 Å². The molecule has 92 valence electrons. The predicted octanol–water partition coefficient (Wildman–Crippen LogP) is 1.74. The van der Waals surface area contributed by atoms with Crippen molar-refractivity contribution >= 4 is 17.6 Å². The summed E-state index contributed by atoms with van der Waals surface area (Å²) in [5.74, 6) is -0.264. The SMILES string of the molecule is CN1C(=O)N(c2ccc(C#N)cc2)C(=O)C1(C)C. The van der Waals surface area contributed by atoms with Crippen molar-refractivity contribution in [3.63, 3.8) is 0 Å². The molecule has 0 aromatic heterocycles. The van der Waals surface area contributed by atoms with Gasteiger partial charge < -0.3 is 4.90 Å². The van der Waals surface area contributed by atoms with Gasteiger partial charge in [-0.15, -0.1) is 0 Å². The zero-order valence-corrected chi connectivity index (χ0v) is 10.5. The van der Waals surface area contributed by atoms with Crippen LogP contribution in [0.5, 0.6) is 0 Å². The molecule has 1 aliphatic rings. The molecule has 5 heteroatoms. The van der Waals surface area contributed by atoms with Crippen molar-refractivity contribution in [3.05, 3.63) is 29.8 Å². The molecule has 0 spiro atoms. The van der Waals surface area contributed by atoms with E-state index in [-0.39, 0.29) is 11.9 Å². The third kappa shape index (κ3) is 1.54. The number of nitrogens with zero attached hydrogens (tertiary/aromatic N) is 3. The summed E-state index contributed by atoms with van der Waals surface area (Å²) in [6, 6.07) is 8.01. The van der Waals surface area contributed by atoms with Crippen molar-refractivity contribution in [3.8, 4) is 6.07 Å². The average Bonchev–Trinajstić information content (AvgIpc) is 2.51. The van der Waals surface area contributed by atoms with Crippen molar-refractivity contribution in [2.24, 2.45) is 0 Å². The lowest BCUT2D eigenvalue weighted by molar-refractivity contribution is -0.123. The van der Waals surface area contributed by atoms with Crippen LogP contribution in [-0.2, 0) is 4.79 Å². The molecule has 0 bridgehead atoms. The summed E-state index contributed by atoms with van der Waals surface area (Å²) in [7, 11) is 1.60. The van der Waals surface area contributed by atoms with Crippen LogP contribution in [0, 0.1) is 11.3 Å². The van der Waals surface area contributed by atoms with E-state index in [1.54, 1.807) is 45.2 Å². The topological polar surface area (TPSA) is 64.4 Å². The minimum absolute atomic E-state index is 0.264. The van der Waals surface area contributed by atoms with Gasteiger partial charge in [-0.1, -0.05) is 0 Å². The highest BCUT2D eigenvalue weighted by Gasteiger charge is 2.49. The molecule has 18 heavy (non-hydrogen) atoms. The molecule has 0 N–H and O–H groups in total. The van der Waals surface area contributed by atoms with E-state index >= 15 is 0 Å². The van der Waals surface area contributed by atoms with E-state index in [2.05, 4.69) is 0 Å². The largest absolute Gasteiger partial charge is 0.332 e. The summed E-state index contributed by atoms with van der Waals surface area (Å²) in [6.45, 7) is 3.41. The standard InChI is InChI=1S/C13H13N3O2/c1-13(2)11(17)16(12(18)15(13)3)10-6-4-9(8-14)5-7-10/h4-7H,1-3H3. The maximum atomic E-state index is 12.2. The first kappa shape index (κ1) is 12.1. The molecule has 3 amide bonds. The number of hydrogen-bond donors (Lipinski definition) is 0. The zero-order chi connectivity index (χ0) is 13.5. The van der Waals surface area contributed by atoms with Gasteiger partial charge in [-0.3, -0.25) is 4.79 Å². The minimum Gasteiger partial charge on any atom is -0.313 e. The summed E-state index contributed by atoms with van der Waals surface area (Å²) in [6.07, 6.45) is 0. The van der Waals surface area contributed by atoms with Gasteiger partial charge in [0.05, 0.1) is 17.3 Å². The van der Waals surface area contributed by atoms with Crippen molar-refractivity contribution in [1.29, 1.82) is 5.26 Å². The Labute approximate surface area is 105 Å². The smallest absolute Gasteiger partial charge is 0.313 e. The molecule has 2 rings (SSSR count). The molecule has 0 saturated carbocycles. The summed E-state index contributed by atoms with van der Waals surface area (Å²) in [5.41, 5.74) is 0.136. The molecular weight excluding hydrogens is 230 g/mol. The van der Waals surface area contributed by atoms with Gasteiger partial charge in [0, 0.05) is 7.05 Å². The van der Waals surface area contributed by atoms with E-state index in [9.17, 15) is 9.59 Å². The first-order valence-corrected chi connectivity index (χ1v) is 5.52. The Bertz CT molecular complexity index is 555. The fraction of sp³-hybridized carbons (Fsp3) is 0.308. The summed E-state index contributed by atoms with van der Waals surface area (Å²) in [4.78, 5) is 26.8. The van der Waals surface area contributed by atoms with E-state index in [0.29, 0.717) is 11.3 Å². The Morgan fingerprint density at radius 1 is 1.17 bits per heavy atom. The highest BCUT2D eigenvalue weighted by Crippen LogP contribution is 2.30. The lowest BCUT2D eigenvalue weighted by Crippen LogP contribution is -2.41. The second-order valence-corrected chi connectivity index (χ2v) is 4.70. The third-order valence-corrected chi connectivity index (χ3v) is 3.30. The Kier molecular flexibility index (Phi) is 2.59. The number of carbonyl (C=O) groups excluding carboxylic acids is 2. The van der Waals surface area contributed by atoms with Crippen LogP contribution in [-0.4, -0.2) is 29.4 Å². The molecule has 1 aromatic rings. The van der Waals surface area contributed by atoms with Gasteiger partial charge >= 0.3 is 6.03 Å². The van der Waals surface area contributed by atoms with Gasteiger partial charge in [-0.2, -0.15) is 5.26 Å². The second-order valence-electron chi connectivity index (χ2n) is 4.70. The number of amides is 3. The number of likely N-dealkylation sites (N-methyl/N-ethyl adjacent to an activating group) is 1. The average molecular weight is 243 g/mol. The number of rotatable bonds is 1. The highest BCUT2D eigenvalue weighted by atomic mass is 16.2. The van der Waals surface area contributed by atoms with Gasteiger partial charge in [0.1, 0.15) is 5.54 Å². The van der Waals surface area contributed by atoms with Gasteiger partial charge in [-0.05, 0) is 38.1 Å². The third-order valence-electron chi connectivity index (χ3n) is 3.30. The van der Waals surface area contributed by atoms with Crippen LogP contribution in [0.3, 0.4) is 0 Å². The van der Waals surface area contributed by atoms with E-state index in [0.717, 1.165) is 4.90 Å². The van der Waals surface area contributed by atoms with E-state index in [1.165, 1.54) is 4.90 Å². The van der Waals surface area contributed by atoms with E-state index in [1.807, 2.05) is 6.07 Å². The first-order chi connectivity index (χ1) is 8.39. The van der Waals surface area contributed by atoms with Crippen LogP contribution < -0.4 is 4.90 Å². The highest BCUT2D eigenvalue weighted by molar-refractivity contribution is 6.22. The number of imide groups is 1. The van der Waals surface area contributed by atoms with Crippen LogP contribution >= 0.6 is 0 Å². The fourth-order valence-corrected chi connectivity index (χ4v) is 1.81. The van der Waals surface area contributed by atoms with Crippen LogP contribution in [0.25, 0.3) is 0 Å². The number of anilines is 1.